The zero-order valence-corrected chi connectivity index (χ0v) is 13.8. The van der Waals surface area contributed by atoms with Crippen molar-refractivity contribution in [2.24, 2.45) is 5.92 Å². The molecule has 1 N–H and O–H groups in total. The van der Waals surface area contributed by atoms with Crippen molar-refractivity contribution in [3.8, 4) is 0 Å². The Bertz CT molecular complexity index is 554. The summed E-state index contributed by atoms with van der Waals surface area (Å²) >= 11 is 12.4. The van der Waals surface area contributed by atoms with Crippen molar-refractivity contribution >= 4 is 23.2 Å². The van der Waals surface area contributed by atoms with Gasteiger partial charge in [-0.25, -0.2) is 0 Å². The summed E-state index contributed by atoms with van der Waals surface area (Å²) in [5, 5.41) is 4.99. The van der Waals surface area contributed by atoms with Crippen LogP contribution in [0.1, 0.15) is 18.1 Å². The number of rotatable bonds is 7. The molecular weight excluding hydrogens is 301 g/mol. The van der Waals surface area contributed by atoms with Crippen LogP contribution in [0.5, 0.6) is 0 Å². The molecule has 3 heteroatoms. The summed E-state index contributed by atoms with van der Waals surface area (Å²) in [4.78, 5) is 0. The molecule has 0 amide bonds. The van der Waals surface area contributed by atoms with Gasteiger partial charge < -0.3 is 5.32 Å². The van der Waals surface area contributed by atoms with Gasteiger partial charge in [-0.3, -0.25) is 0 Å². The summed E-state index contributed by atoms with van der Waals surface area (Å²) in [6.07, 6.45) is 1.97. The monoisotopic (exact) mass is 321 g/mol. The molecule has 1 unspecified atom stereocenters. The first-order valence-corrected chi connectivity index (χ1v) is 8.13. The quantitative estimate of drug-likeness (QED) is 0.756. The number of halogens is 2. The molecule has 2 aromatic rings. The second-order valence-corrected chi connectivity index (χ2v) is 6.15. The Morgan fingerprint density at radius 3 is 2.48 bits per heavy atom. The molecule has 0 bridgehead atoms. The lowest BCUT2D eigenvalue weighted by atomic mass is 9.92. The van der Waals surface area contributed by atoms with Gasteiger partial charge in [0.05, 0.1) is 0 Å². The first-order chi connectivity index (χ1) is 10.2. The molecular formula is C18H21Cl2N. The lowest BCUT2D eigenvalue weighted by Gasteiger charge is -2.18. The largest absolute Gasteiger partial charge is 0.317 e. The SMILES string of the molecule is CCNCC(Cc1ccccc1)Cc1cc(Cl)ccc1Cl. The van der Waals surface area contributed by atoms with E-state index in [-0.39, 0.29) is 0 Å². The molecule has 0 saturated carbocycles. The van der Waals surface area contributed by atoms with Crippen LogP contribution < -0.4 is 5.32 Å². The Hall–Kier alpha value is -1.02. The van der Waals surface area contributed by atoms with Crippen LogP contribution in [0.4, 0.5) is 0 Å². The first-order valence-electron chi connectivity index (χ1n) is 7.37. The van der Waals surface area contributed by atoms with Crippen LogP contribution in [-0.2, 0) is 12.8 Å². The summed E-state index contributed by atoms with van der Waals surface area (Å²) in [6, 6.07) is 16.3. The molecule has 21 heavy (non-hydrogen) atoms. The maximum Gasteiger partial charge on any atom is 0.0439 e. The molecule has 0 aliphatic heterocycles. The van der Waals surface area contributed by atoms with Crippen molar-refractivity contribution in [1.82, 2.24) is 5.32 Å². The normalized spacial score (nSPS) is 12.3. The van der Waals surface area contributed by atoms with Gasteiger partial charge in [-0.15, -0.1) is 0 Å². The Kier molecular flexibility index (Phi) is 6.56. The molecule has 0 aliphatic rings. The number of nitrogens with one attached hydrogen (secondary N) is 1. The van der Waals surface area contributed by atoms with E-state index in [1.54, 1.807) is 0 Å². The van der Waals surface area contributed by atoms with Crippen LogP contribution in [0, 0.1) is 5.92 Å². The van der Waals surface area contributed by atoms with Crippen LogP contribution in [0.2, 0.25) is 10.0 Å². The average molecular weight is 322 g/mol. The fourth-order valence-corrected chi connectivity index (χ4v) is 2.91. The molecule has 0 heterocycles. The van der Waals surface area contributed by atoms with Gasteiger partial charge in [-0.1, -0.05) is 60.5 Å². The summed E-state index contributed by atoms with van der Waals surface area (Å²) in [7, 11) is 0. The van der Waals surface area contributed by atoms with Gasteiger partial charge in [0.25, 0.3) is 0 Å². The number of hydrogen-bond donors (Lipinski definition) is 1. The molecule has 0 saturated heterocycles. The van der Waals surface area contributed by atoms with Gasteiger partial charge in [-0.2, -0.15) is 0 Å². The van der Waals surface area contributed by atoms with Gasteiger partial charge in [-0.05, 0) is 61.2 Å². The molecule has 112 valence electrons. The Labute approximate surface area is 137 Å². The first kappa shape index (κ1) is 16.4. The third-order valence-electron chi connectivity index (χ3n) is 3.57. The van der Waals surface area contributed by atoms with E-state index in [9.17, 15) is 0 Å². The number of benzene rings is 2. The fraction of sp³-hybridized carbons (Fsp3) is 0.333. The van der Waals surface area contributed by atoms with E-state index in [0.29, 0.717) is 5.92 Å². The van der Waals surface area contributed by atoms with E-state index in [2.05, 4.69) is 42.6 Å². The third kappa shape index (κ3) is 5.35. The van der Waals surface area contributed by atoms with Crippen LogP contribution in [-0.4, -0.2) is 13.1 Å². The summed E-state index contributed by atoms with van der Waals surface area (Å²) < 4.78 is 0. The number of hydrogen-bond acceptors (Lipinski definition) is 1. The Morgan fingerprint density at radius 2 is 1.76 bits per heavy atom. The third-order valence-corrected chi connectivity index (χ3v) is 4.17. The van der Waals surface area contributed by atoms with Gasteiger partial charge in [0.15, 0.2) is 0 Å². The highest BCUT2D eigenvalue weighted by Gasteiger charge is 2.13. The van der Waals surface area contributed by atoms with Crippen LogP contribution >= 0.6 is 23.2 Å². The summed E-state index contributed by atoms with van der Waals surface area (Å²) in [5.74, 6) is 0.503. The van der Waals surface area contributed by atoms with Crippen molar-refractivity contribution in [3.05, 3.63) is 69.7 Å². The highest BCUT2D eigenvalue weighted by molar-refractivity contribution is 6.33. The van der Waals surface area contributed by atoms with Crippen molar-refractivity contribution in [2.75, 3.05) is 13.1 Å². The Balaban J connectivity index is 2.10. The topological polar surface area (TPSA) is 12.0 Å². The Morgan fingerprint density at radius 1 is 1.00 bits per heavy atom. The van der Waals surface area contributed by atoms with Crippen molar-refractivity contribution in [3.63, 3.8) is 0 Å². The molecule has 0 radical (unpaired) electrons. The lowest BCUT2D eigenvalue weighted by molar-refractivity contribution is 0.478. The molecule has 0 aromatic heterocycles. The van der Waals surface area contributed by atoms with Crippen molar-refractivity contribution in [1.29, 1.82) is 0 Å². The van der Waals surface area contributed by atoms with E-state index in [1.165, 1.54) is 5.56 Å². The van der Waals surface area contributed by atoms with Crippen molar-refractivity contribution in [2.45, 2.75) is 19.8 Å². The maximum atomic E-state index is 6.30. The molecule has 0 spiro atoms. The summed E-state index contributed by atoms with van der Waals surface area (Å²) in [6.45, 7) is 4.09. The maximum absolute atomic E-state index is 6.30. The van der Waals surface area contributed by atoms with E-state index < -0.39 is 0 Å². The highest BCUT2D eigenvalue weighted by atomic mass is 35.5. The van der Waals surface area contributed by atoms with E-state index in [1.807, 2.05) is 18.2 Å². The van der Waals surface area contributed by atoms with Crippen LogP contribution in [0.15, 0.2) is 48.5 Å². The van der Waals surface area contributed by atoms with Crippen LogP contribution in [0.25, 0.3) is 0 Å². The van der Waals surface area contributed by atoms with E-state index >= 15 is 0 Å². The molecule has 1 atom stereocenters. The summed E-state index contributed by atoms with van der Waals surface area (Å²) in [5.41, 5.74) is 2.49. The van der Waals surface area contributed by atoms with Gasteiger partial charge in [0, 0.05) is 10.0 Å². The smallest absolute Gasteiger partial charge is 0.0439 e. The zero-order valence-electron chi connectivity index (χ0n) is 12.3. The minimum Gasteiger partial charge on any atom is -0.317 e. The molecule has 2 aromatic carbocycles. The minimum absolute atomic E-state index is 0.503. The standard InChI is InChI=1S/C18H21Cl2N/c1-2-21-13-15(10-14-6-4-3-5-7-14)11-16-12-17(19)8-9-18(16)20/h3-9,12,15,21H,2,10-11,13H2,1H3. The molecule has 1 nitrogen and oxygen atoms in total. The molecule has 0 aliphatic carbocycles. The zero-order chi connectivity index (χ0) is 15.1. The second-order valence-electron chi connectivity index (χ2n) is 5.30. The van der Waals surface area contributed by atoms with Gasteiger partial charge in [0.1, 0.15) is 0 Å². The molecule has 2 rings (SSSR count). The molecule has 0 fully saturated rings. The predicted octanol–water partition coefficient (Wildman–Crippen LogP) is 5.00. The highest BCUT2D eigenvalue weighted by Crippen LogP contribution is 2.24. The second kappa shape index (κ2) is 8.43. The lowest BCUT2D eigenvalue weighted by Crippen LogP contribution is -2.25. The van der Waals surface area contributed by atoms with E-state index in [0.717, 1.165) is 41.5 Å². The van der Waals surface area contributed by atoms with Gasteiger partial charge >= 0.3 is 0 Å². The fourth-order valence-electron chi connectivity index (χ4n) is 2.52. The van der Waals surface area contributed by atoms with E-state index in [4.69, 9.17) is 23.2 Å². The van der Waals surface area contributed by atoms with Crippen LogP contribution in [0.3, 0.4) is 0 Å². The predicted molar refractivity (Wildman–Crippen MR) is 92.3 cm³/mol. The van der Waals surface area contributed by atoms with Gasteiger partial charge in [0.2, 0.25) is 0 Å². The minimum atomic E-state index is 0.503. The average Bonchev–Trinajstić information content (AvgIpc) is 2.49. The van der Waals surface area contributed by atoms with Crippen molar-refractivity contribution < 1.29 is 0 Å².